The van der Waals surface area contributed by atoms with Crippen LogP contribution in [-0.4, -0.2) is 34.2 Å². The van der Waals surface area contributed by atoms with E-state index >= 15 is 0 Å². The van der Waals surface area contributed by atoms with Crippen LogP contribution in [0.2, 0.25) is 0 Å². The molecule has 4 rings (SSSR count). The zero-order valence-corrected chi connectivity index (χ0v) is 18.6. The zero-order chi connectivity index (χ0) is 25.4. The Morgan fingerprint density at radius 3 is 2.26 bits per heavy atom. The smallest absolute Gasteiger partial charge is 0.488 e. The molecule has 1 aliphatic carbocycles. The monoisotopic (exact) mass is 492 g/mol. The van der Waals surface area contributed by atoms with Gasteiger partial charge in [-0.3, -0.25) is 9.78 Å². The van der Waals surface area contributed by atoms with Crippen LogP contribution < -0.4 is 10.1 Å². The topological polar surface area (TPSA) is 88.5 Å². The van der Waals surface area contributed by atoms with Crippen molar-refractivity contribution >= 4 is 28.3 Å². The van der Waals surface area contributed by atoms with Crippen molar-refractivity contribution in [2.24, 2.45) is 5.92 Å². The molecule has 3 aromatic rings. The number of hydrogen-bond acceptors (Lipinski definition) is 4. The molecule has 0 atom stereocenters. The van der Waals surface area contributed by atoms with Gasteiger partial charge in [0.1, 0.15) is 11.6 Å². The van der Waals surface area contributed by atoms with Crippen LogP contribution in [0.5, 0.6) is 5.75 Å². The van der Waals surface area contributed by atoms with Gasteiger partial charge in [0.25, 0.3) is 0 Å². The van der Waals surface area contributed by atoms with Gasteiger partial charge >= 0.3 is 12.1 Å². The highest BCUT2D eigenvalue weighted by molar-refractivity contribution is 5.90. The molecular weight excluding hydrogens is 468 g/mol. The fraction of sp³-hybridized carbons (Fsp3) is 0.320. The Hall–Kier alpha value is -3.69. The summed E-state index contributed by atoms with van der Waals surface area (Å²) in [7, 11) is 0. The molecule has 1 heterocycles. The number of benzene rings is 2. The number of nitrogens with zero attached hydrogens (tertiary/aromatic N) is 1. The van der Waals surface area contributed by atoms with Crippen LogP contribution in [0, 0.1) is 11.7 Å². The number of pyridine rings is 1. The highest BCUT2D eigenvalue weighted by atomic mass is 19.4. The lowest BCUT2D eigenvalue weighted by atomic mass is 9.85. The molecule has 1 aliphatic rings. The minimum Gasteiger partial charge on any atom is -0.488 e. The first-order valence-electron chi connectivity index (χ1n) is 11.0. The van der Waals surface area contributed by atoms with Crippen molar-refractivity contribution in [1.29, 1.82) is 0 Å². The van der Waals surface area contributed by atoms with Gasteiger partial charge in [-0.2, -0.15) is 13.2 Å². The number of aromatic nitrogens is 1. The number of alkyl halides is 3. The van der Waals surface area contributed by atoms with E-state index in [1.165, 1.54) is 12.1 Å². The predicted octanol–water partition coefficient (Wildman–Crippen LogP) is 5.97. The molecule has 1 aromatic heterocycles. The molecule has 10 heteroatoms. The van der Waals surface area contributed by atoms with Crippen LogP contribution in [-0.2, 0) is 9.59 Å². The van der Waals surface area contributed by atoms with Gasteiger partial charge in [-0.1, -0.05) is 24.3 Å². The van der Waals surface area contributed by atoms with Crippen LogP contribution in [0.1, 0.15) is 32.1 Å². The Morgan fingerprint density at radius 1 is 1.00 bits per heavy atom. The first kappa shape index (κ1) is 25.9. The Balaban J connectivity index is 0.000000429. The number of halogens is 4. The van der Waals surface area contributed by atoms with Crippen molar-refractivity contribution in [2.75, 3.05) is 5.32 Å². The number of anilines is 1. The maximum Gasteiger partial charge on any atom is 0.490 e. The summed E-state index contributed by atoms with van der Waals surface area (Å²) in [6.45, 7) is 0. The Morgan fingerprint density at radius 2 is 1.63 bits per heavy atom. The SMILES string of the molecule is O=C(C[C@H]1CC[C@@H](Oc2cncc3ccccc23)CC1)Nc1ccc(F)cc1.O=C(O)C(F)(F)F. The number of carboxylic acids is 1. The Labute approximate surface area is 198 Å². The molecule has 0 bridgehead atoms. The van der Waals surface area contributed by atoms with Crippen molar-refractivity contribution in [2.45, 2.75) is 44.4 Å². The molecule has 6 nitrogen and oxygen atoms in total. The molecule has 1 amide bonds. The second-order valence-electron chi connectivity index (χ2n) is 8.18. The number of nitrogens with one attached hydrogen (secondary N) is 1. The van der Waals surface area contributed by atoms with Crippen LogP contribution in [0.3, 0.4) is 0 Å². The first-order chi connectivity index (χ1) is 16.6. The number of amides is 1. The fourth-order valence-electron chi connectivity index (χ4n) is 3.82. The Bertz CT molecular complexity index is 1140. The molecule has 2 N–H and O–H groups in total. The average Bonchev–Trinajstić information content (AvgIpc) is 2.82. The largest absolute Gasteiger partial charge is 0.490 e. The van der Waals surface area contributed by atoms with Crippen LogP contribution in [0.25, 0.3) is 10.8 Å². The van der Waals surface area contributed by atoms with Crippen molar-refractivity contribution < 1.29 is 37.0 Å². The number of aliphatic carboxylic acids is 1. The predicted molar refractivity (Wildman–Crippen MR) is 121 cm³/mol. The van der Waals surface area contributed by atoms with Crippen molar-refractivity contribution in [3.05, 3.63) is 66.7 Å². The summed E-state index contributed by atoms with van der Waals surface area (Å²) in [4.78, 5) is 25.4. The van der Waals surface area contributed by atoms with Crippen molar-refractivity contribution in [3.63, 3.8) is 0 Å². The van der Waals surface area contributed by atoms with Gasteiger partial charge in [-0.15, -0.1) is 0 Å². The zero-order valence-electron chi connectivity index (χ0n) is 18.6. The number of fused-ring (bicyclic) bond motifs is 1. The molecule has 0 saturated heterocycles. The molecule has 0 radical (unpaired) electrons. The summed E-state index contributed by atoms with van der Waals surface area (Å²) >= 11 is 0. The molecule has 2 aromatic carbocycles. The van der Waals surface area contributed by atoms with Gasteiger partial charge < -0.3 is 15.2 Å². The molecule has 186 valence electrons. The quantitative estimate of drug-likeness (QED) is 0.428. The van der Waals surface area contributed by atoms with Crippen LogP contribution in [0.15, 0.2) is 60.9 Å². The maximum atomic E-state index is 12.9. The lowest BCUT2D eigenvalue weighted by molar-refractivity contribution is -0.192. The van der Waals surface area contributed by atoms with E-state index in [-0.39, 0.29) is 17.8 Å². The summed E-state index contributed by atoms with van der Waals surface area (Å²) in [5.74, 6) is -1.90. The van der Waals surface area contributed by atoms with Crippen LogP contribution >= 0.6 is 0 Å². The van der Waals surface area contributed by atoms with Gasteiger partial charge in [0.15, 0.2) is 0 Å². The van der Waals surface area contributed by atoms with Gasteiger partial charge in [-0.05, 0) is 55.9 Å². The molecule has 0 aliphatic heterocycles. The summed E-state index contributed by atoms with van der Waals surface area (Å²) in [6.07, 6.45) is 2.96. The molecule has 1 fully saturated rings. The van der Waals surface area contributed by atoms with E-state index in [2.05, 4.69) is 16.4 Å². The summed E-state index contributed by atoms with van der Waals surface area (Å²) in [5, 5.41) is 12.1. The number of carbonyl (C=O) groups excluding carboxylic acids is 1. The first-order valence-corrected chi connectivity index (χ1v) is 11.0. The lowest BCUT2D eigenvalue weighted by Crippen LogP contribution is -2.26. The molecular formula is C25H24F4N2O4. The molecule has 0 spiro atoms. The third kappa shape index (κ3) is 7.94. The number of rotatable bonds is 5. The number of carboxylic acid groups (broad SMARTS) is 1. The summed E-state index contributed by atoms with van der Waals surface area (Å²) in [6, 6.07) is 13.9. The van der Waals surface area contributed by atoms with E-state index in [0.717, 1.165) is 42.2 Å². The minimum absolute atomic E-state index is 0.0192. The third-order valence-corrected chi connectivity index (χ3v) is 5.56. The molecule has 1 saturated carbocycles. The second kappa shape index (κ2) is 11.6. The Kier molecular flexibility index (Phi) is 8.62. The lowest BCUT2D eigenvalue weighted by Gasteiger charge is -2.29. The fourth-order valence-corrected chi connectivity index (χ4v) is 3.82. The van der Waals surface area contributed by atoms with Crippen molar-refractivity contribution in [1.82, 2.24) is 4.98 Å². The minimum atomic E-state index is -5.08. The standard InChI is InChI=1S/C23H23FN2O2.C2HF3O2/c24-18-7-9-19(10-8-18)26-23(27)13-16-5-11-20(12-6-16)28-22-15-25-14-17-3-1-2-4-21(17)22;3-2(4,5)1(6)7/h1-4,7-10,14-16,20H,5-6,11-13H2,(H,26,27);(H,6,7)/t16-,20+;. The van der Waals surface area contributed by atoms with E-state index in [1.54, 1.807) is 18.3 Å². The molecule has 0 unspecified atom stereocenters. The van der Waals surface area contributed by atoms with Gasteiger partial charge in [0.2, 0.25) is 5.91 Å². The van der Waals surface area contributed by atoms with E-state index in [4.69, 9.17) is 14.6 Å². The molecule has 35 heavy (non-hydrogen) atoms. The van der Waals surface area contributed by atoms with E-state index in [1.807, 2.05) is 24.4 Å². The second-order valence-corrected chi connectivity index (χ2v) is 8.18. The number of carbonyl (C=O) groups is 2. The normalized spacial score (nSPS) is 17.7. The van der Waals surface area contributed by atoms with Gasteiger partial charge in [0, 0.05) is 29.1 Å². The third-order valence-electron chi connectivity index (χ3n) is 5.56. The summed E-state index contributed by atoms with van der Waals surface area (Å²) in [5.41, 5.74) is 0.631. The van der Waals surface area contributed by atoms with Crippen molar-refractivity contribution in [3.8, 4) is 5.75 Å². The van der Waals surface area contributed by atoms with E-state index in [9.17, 15) is 22.4 Å². The van der Waals surface area contributed by atoms with E-state index < -0.39 is 12.1 Å². The summed E-state index contributed by atoms with van der Waals surface area (Å²) < 4.78 is 50.9. The average molecular weight is 492 g/mol. The van der Waals surface area contributed by atoms with Gasteiger partial charge in [-0.25, -0.2) is 9.18 Å². The van der Waals surface area contributed by atoms with Crippen LogP contribution in [0.4, 0.5) is 23.2 Å². The highest BCUT2D eigenvalue weighted by Gasteiger charge is 2.38. The number of ether oxygens (including phenoxy) is 1. The number of hydrogen-bond donors (Lipinski definition) is 2. The van der Waals surface area contributed by atoms with Gasteiger partial charge in [0.05, 0.1) is 12.3 Å². The van der Waals surface area contributed by atoms with E-state index in [0.29, 0.717) is 18.0 Å². The highest BCUT2D eigenvalue weighted by Crippen LogP contribution is 2.32. The maximum absolute atomic E-state index is 12.9.